The second-order valence-electron chi connectivity index (χ2n) is 17.0. The standard InChI is InChI=1S/C43H59N13O10.C4H11N3/c1-24(58)49-22-36(60)51-33-20-35(59)47-16-8-7-14-29(37(44)61)52-40(64)32(19-26-21-50-28-13-6-5-12-27(26)28)55-38(62)30(15-9-17-48-43(45)46)53-39(63)31(18-25-10-3-2-4-11-25)54-42(66)34(23-57)56-41(33)65;1-2-3-7-4(5)6/h2-6,10-13,21,29-34,50,57H,7-9,14-20,22-23H2,1H3,(H2,44,61)(H,47,59)(H,49,58)(H,51,60)(H,52,64)(H,53,63)(H,54,66)(H,55,62)(H,56,65)(H4,45,46,48);2-3H2,1H3,(H4,5,6,7)/t29?,30-,31?,32?,33?,34?;/m0./s1. The fraction of sp³-hybridized carbons (Fsp3) is 0.468. The lowest BCUT2D eigenvalue weighted by Crippen LogP contribution is -2.61. The maximum Gasteiger partial charge on any atom is 0.245 e. The van der Waals surface area contributed by atoms with Crippen LogP contribution in [0.2, 0.25) is 0 Å². The van der Waals surface area contributed by atoms with Crippen LogP contribution in [0.25, 0.3) is 10.9 Å². The van der Waals surface area contributed by atoms with E-state index in [9.17, 15) is 48.3 Å². The fourth-order valence-corrected chi connectivity index (χ4v) is 7.26. The second-order valence-corrected chi connectivity index (χ2v) is 17.0. The Hall–Kier alpha value is -8.29. The summed E-state index contributed by atoms with van der Waals surface area (Å²) in [6.07, 6.45) is 2.48. The van der Waals surface area contributed by atoms with Crippen molar-refractivity contribution in [2.75, 3.05) is 32.8 Å². The summed E-state index contributed by atoms with van der Waals surface area (Å²) in [6, 6.07) is 7.11. The van der Waals surface area contributed by atoms with Crippen molar-refractivity contribution in [1.29, 1.82) is 0 Å². The van der Waals surface area contributed by atoms with E-state index in [-0.39, 0.29) is 70.0 Å². The number of primary amides is 1. The van der Waals surface area contributed by atoms with E-state index in [1.165, 1.54) is 6.92 Å². The second kappa shape index (κ2) is 31.1. The molecule has 73 heavy (non-hydrogen) atoms. The molecule has 3 aromatic rings. The van der Waals surface area contributed by atoms with Gasteiger partial charge in [-0.05, 0) is 55.7 Å². The van der Waals surface area contributed by atoms with Crippen molar-refractivity contribution in [2.24, 2.45) is 38.7 Å². The van der Waals surface area contributed by atoms with Crippen LogP contribution in [0.4, 0.5) is 0 Å². The number of fused-ring (bicyclic) bond motifs is 1. The minimum atomic E-state index is -1.72. The molecule has 0 radical (unpaired) electrons. The highest BCUT2D eigenvalue weighted by molar-refractivity contribution is 5.98. The molecule has 20 N–H and O–H groups in total. The molecule has 398 valence electrons. The fourth-order valence-electron chi connectivity index (χ4n) is 7.26. The van der Waals surface area contributed by atoms with E-state index in [0.29, 0.717) is 11.1 Å². The molecule has 0 bridgehead atoms. The molecule has 1 fully saturated rings. The number of aliphatic imine (C=N–C) groups is 2. The Balaban J connectivity index is 0.00000187. The van der Waals surface area contributed by atoms with E-state index in [1.54, 1.807) is 42.6 Å². The number of aliphatic hydroxyl groups is 1. The normalized spacial score (nSPS) is 20.6. The largest absolute Gasteiger partial charge is 0.394 e. The van der Waals surface area contributed by atoms with Gasteiger partial charge in [-0.15, -0.1) is 0 Å². The van der Waals surface area contributed by atoms with Crippen molar-refractivity contribution < 1.29 is 48.3 Å². The summed E-state index contributed by atoms with van der Waals surface area (Å²) in [6.45, 7) is 2.48. The van der Waals surface area contributed by atoms with Crippen LogP contribution in [0.15, 0.2) is 70.8 Å². The number of guanidine groups is 2. The molecule has 9 amide bonds. The number of rotatable bonds is 15. The molecule has 6 atom stereocenters. The Labute approximate surface area is 422 Å². The van der Waals surface area contributed by atoms with Gasteiger partial charge in [-0.2, -0.15) is 0 Å². The van der Waals surface area contributed by atoms with Crippen molar-refractivity contribution in [3.05, 3.63) is 71.9 Å². The molecule has 0 saturated carbocycles. The molecule has 4 rings (SSSR count). The number of carbonyl (C=O) groups is 9. The molecule has 2 aromatic carbocycles. The lowest BCUT2D eigenvalue weighted by Gasteiger charge is -2.27. The molecule has 1 aliphatic rings. The first-order valence-electron chi connectivity index (χ1n) is 23.7. The summed E-state index contributed by atoms with van der Waals surface area (Å²) in [5, 5.41) is 31.2. The molecule has 1 aromatic heterocycles. The quantitative estimate of drug-likeness (QED) is 0.0391. The molecule has 0 spiro atoms. The predicted molar refractivity (Wildman–Crippen MR) is 271 cm³/mol. The van der Waals surface area contributed by atoms with Crippen LogP contribution in [0.3, 0.4) is 0 Å². The number of aromatic nitrogens is 1. The first-order valence-corrected chi connectivity index (χ1v) is 23.7. The average molecular weight is 1020 g/mol. The van der Waals surface area contributed by atoms with E-state index in [4.69, 9.17) is 28.7 Å². The van der Waals surface area contributed by atoms with Gasteiger partial charge in [0.1, 0.15) is 36.3 Å². The number of nitrogens with two attached hydrogens (primary N) is 5. The number of aromatic amines is 1. The topological polar surface area (TPSA) is 441 Å². The monoisotopic (exact) mass is 1020 g/mol. The number of para-hydroxylation sites is 1. The molecular formula is C47H70N16O10. The van der Waals surface area contributed by atoms with Gasteiger partial charge in [0.2, 0.25) is 53.2 Å². The summed E-state index contributed by atoms with van der Waals surface area (Å²) in [5.41, 5.74) is 28.8. The summed E-state index contributed by atoms with van der Waals surface area (Å²) in [5.74, 6) is -7.53. The minimum Gasteiger partial charge on any atom is -0.394 e. The van der Waals surface area contributed by atoms with E-state index in [2.05, 4.69) is 57.5 Å². The van der Waals surface area contributed by atoms with Gasteiger partial charge in [-0.3, -0.25) is 53.1 Å². The molecule has 26 heteroatoms. The van der Waals surface area contributed by atoms with Crippen molar-refractivity contribution >= 4 is 76.0 Å². The van der Waals surface area contributed by atoms with Gasteiger partial charge in [-0.1, -0.05) is 55.5 Å². The Morgan fingerprint density at radius 2 is 1.30 bits per heavy atom. The smallest absolute Gasteiger partial charge is 0.245 e. The third-order valence-electron chi connectivity index (χ3n) is 11.0. The Morgan fingerprint density at radius 1 is 0.712 bits per heavy atom. The number of benzene rings is 2. The third kappa shape index (κ3) is 21.7. The lowest BCUT2D eigenvalue weighted by molar-refractivity contribution is -0.136. The summed E-state index contributed by atoms with van der Waals surface area (Å²) >= 11 is 0. The number of nitrogens with zero attached hydrogens (tertiary/aromatic N) is 2. The number of amides is 9. The maximum absolute atomic E-state index is 14.4. The summed E-state index contributed by atoms with van der Waals surface area (Å²) < 4.78 is 0. The zero-order chi connectivity index (χ0) is 53.9. The highest BCUT2D eigenvalue weighted by atomic mass is 16.3. The van der Waals surface area contributed by atoms with Crippen LogP contribution < -0.4 is 71.2 Å². The highest BCUT2D eigenvalue weighted by Crippen LogP contribution is 2.20. The molecule has 26 nitrogen and oxygen atoms in total. The number of hydrogen-bond acceptors (Lipinski definition) is 12. The van der Waals surface area contributed by atoms with Crippen LogP contribution in [0.5, 0.6) is 0 Å². The average Bonchev–Trinajstić information content (AvgIpc) is 3.76. The number of H-pyrrole nitrogens is 1. The molecule has 1 aliphatic heterocycles. The van der Waals surface area contributed by atoms with Gasteiger partial charge in [0, 0.05) is 56.5 Å². The third-order valence-corrected chi connectivity index (χ3v) is 11.0. The summed E-state index contributed by atoms with van der Waals surface area (Å²) in [7, 11) is 0. The van der Waals surface area contributed by atoms with Crippen molar-refractivity contribution in [1.82, 2.24) is 47.5 Å². The van der Waals surface area contributed by atoms with E-state index in [0.717, 1.165) is 23.9 Å². The highest BCUT2D eigenvalue weighted by Gasteiger charge is 2.34. The van der Waals surface area contributed by atoms with Crippen LogP contribution in [0, 0.1) is 0 Å². The lowest BCUT2D eigenvalue weighted by atomic mass is 10.0. The van der Waals surface area contributed by atoms with E-state index in [1.807, 2.05) is 25.1 Å². The Bertz CT molecular complexity index is 2400. The van der Waals surface area contributed by atoms with Gasteiger partial charge in [0.25, 0.3) is 0 Å². The molecular weight excluding hydrogens is 949 g/mol. The predicted octanol–water partition coefficient (Wildman–Crippen LogP) is -4.11. The van der Waals surface area contributed by atoms with E-state index >= 15 is 0 Å². The number of carbonyl (C=O) groups excluding carboxylic acids is 9. The molecule has 1 saturated heterocycles. The maximum atomic E-state index is 14.4. The van der Waals surface area contributed by atoms with Crippen LogP contribution in [0.1, 0.15) is 69.9 Å². The molecule has 0 aliphatic carbocycles. The van der Waals surface area contributed by atoms with Crippen LogP contribution in [-0.2, 0) is 56.0 Å². The zero-order valence-electron chi connectivity index (χ0n) is 41.0. The number of nitrogens with one attached hydrogen (secondary N) is 9. The van der Waals surface area contributed by atoms with Crippen molar-refractivity contribution in [2.45, 2.75) is 108 Å². The Morgan fingerprint density at radius 3 is 1.93 bits per heavy atom. The van der Waals surface area contributed by atoms with Crippen LogP contribution in [-0.4, -0.2) is 144 Å². The Kier molecular flexibility index (Phi) is 25.2. The first-order chi connectivity index (χ1) is 34.8. The number of aliphatic hydroxyl groups excluding tert-OH is 1. The van der Waals surface area contributed by atoms with Gasteiger partial charge in [-0.25, -0.2) is 0 Å². The molecule has 5 unspecified atom stereocenters. The minimum absolute atomic E-state index is 0.0295. The van der Waals surface area contributed by atoms with Crippen molar-refractivity contribution in [3.63, 3.8) is 0 Å². The molecule has 2 heterocycles. The van der Waals surface area contributed by atoms with Gasteiger partial charge in [0.05, 0.1) is 19.6 Å². The van der Waals surface area contributed by atoms with Crippen molar-refractivity contribution in [3.8, 4) is 0 Å². The van der Waals surface area contributed by atoms with Gasteiger partial charge in [0.15, 0.2) is 11.9 Å². The number of hydrogen-bond donors (Lipinski definition) is 15. The SMILES string of the molecule is CC(=O)NCC(=O)NC1CC(=O)NCCCCC(C(N)=O)NC(=O)C(Cc2c[nH]c3ccccc23)NC(=O)[C@H](CCCN=C(N)N)NC(=O)C(Cc2ccccc2)NC(=O)C(CO)NC1=O.CCCN=C(N)N. The zero-order valence-corrected chi connectivity index (χ0v) is 41.0. The van der Waals surface area contributed by atoms with Crippen LogP contribution >= 0.6 is 0 Å². The van der Waals surface area contributed by atoms with Gasteiger partial charge < -0.3 is 81.3 Å². The first kappa shape index (κ1) is 59.0. The summed E-state index contributed by atoms with van der Waals surface area (Å²) in [4.78, 5) is 131. The van der Waals surface area contributed by atoms with E-state index < -0.39 is 109 Å². The van der Waals surface area contributed by atoms with Gasteiger partial charge >= 0.3 is 0 Å².